The van der Waals surface area contributed by atoms with Crippen LogP contribution in [0.1, 0.15) is 64.8 Å². The highest BCUT2D eigenvalue weighted by atomic mass is 16.3. The van der Waals surface area contributed by atoms with Gasteiger partial charge in [0.25, 0.3) is 11.5 Å². The number of pyridine rings is 1. The highest BCUT2D eigenvalue weighted by molar-refractivity contribution is 6.00. The first-order chi connectivity index (χ1) is 14.0. The molecule has 154 valence electrons. The Balaban J connectivity index is 1.83. The topological polar surface area (TPSA) is 88.4 Å². The zero-order chi connectivity index (χ0) is 20.8. The van der Waals surface area contributed by atoms with Crippen molar-refractivity contribution in [2.45, 2.75) is 51.2 Å². The van der Waals surface area contributed by atoms with Crippen molar-refractivity contribution >= 4 is 11.7 Å². The number of carbonyl (C=O) groups excluding carboxylic acids is 2. The molecule has 1 aliphatic rings. The molecule has 1 heterocycles. The fourth-order valence-electron chi connectivity index (χ4n) is 3.99. The molecule has 2 atom stereocenters. The molecule has 3 rings (SSSR count). The van der Waals surface area contributed by atoms with Crippen LogP contribution in [0.4, 0.5) is 0 Å². The van der Waals surface area contributed by atoms with Crippen LogP contribution in [0.2, 0.25) is 0 Å². The Kier molecular flexibility index (Phi) is 6.99. The number of nitrogens with zero attached hydrogens (tertiary/aromatic N) is 1. The fraction of sp³-hybridized carbons (Fsp3) is 0.435. The lowest BCUT2D eigenvalue weighted by Crippen LogP contribution is -2.32. The average Bonchev–Trinajstić information content (AvgIpc) is 2.73. The molecule has 0 saturated heterocycles. The normalized spacial score (nSPS) is 19.0. The summed E-state index contributed by atoms with van der Waals surface area (Å²) >= 11 is 0. The third-order valence-corrected chi connectivity index (χ3v) is 5.61. The van der Waals surface area contributed by atoms with E-state index in [0.717, 1.165) is 31.2 Å². The smallest absolute Gasteiger partial charge is 0.263 e. The van der Waals surface area contributed by atoms with Crippen LogP contribution in [0.5, 0.6) is 0 Å². The Labute approximate surface area is 170 Å². The molecule has 1 aromatic heterocycles. The fourth-order valence-corrected chi connectivity index (χ4v) is 3.99. The molecule has 0 aliphatic heterocycles. The van der Waals surface area contributed by atoms with E-state index in [0.29, 0.717) is 30.9 Å². The van der Waals surface area contributed by atoms with E-state index in [1.165, 1.54) is 17.7 Å². The summed E-state index contributed by atoms with van der Waals surface area (Å²) in [4.78, 5) is 37.8. The van der Waals surface area contributed by atoms with Crippen molar-refractivity contribution in [1.29, 1.82) is 0 Å². The van der Waals surface area contributed by atoms with Gasteiger partial charge >= 0.3 is 0 Å². The minimum absolute atomic E-state index is 0.0256. The summed E-state index contributed by atoms with van der Waals surface area (Å²) in [5, 5.41) is 12.3. The maximum Gasteiger partial charge on any atom is 0.263 e. The number of Topliss-reactive ketones (excluding diaryl/α,β-unsaturated/α-hetero) is 1. The highest BCUT2D eigenvalue weighted by Gasteiger charge is 2.22. The Morgan fingerprint density at radius 3 is 2.66 bits per heavy atom. The quantitative estimate of drug-likeness (QED) is 0.705. The highest BCUT2D eigenvalue weighted by Crippen LogP contribution is 2.28. The zero-order valence-electron chi connectivity index (χ0n) is 16.8. The number of benzene rings is 1. The Hall–Kier alpha value is -2.73. The molecule has 1 aliphatic carbocycles. The number of aliphatic hydroxyl groups excluding tert-OH is 1. The Bertz CT molecular complexity index is 920. The summed E-state index contributed by atoms with van der Waals surface area (Å²) < 4.78 is 1.43. The second-order valence-corrected chi connectivity index (χ2v) is 7.79. The number of ketones is 1. The Morgan fingerprint density at radius 2 is 1.97 bits per heavy atom. The average molecular weight is 396 g/mol. The van der Waals surface area contributed by atoms with Gasteiger partial charge in [0, 0.05) is 25.2 Å². The predicted octanol–water partition coefficient (Wildman–Crippen LogP) is 2.77. The molecule has 1 saturated carbocycles. The lowest BCUT2D eigenvalue weighted by atomic mass is 9.83. The van der Waals surface area contributed by atoms with Crippen LogP contribution in [0, 0.1) is 5.92 Å². The summed E-state index contributed by atoms with van der Waals surface area (Å²) in [6.45, 7) is 0.291. The molecule has 0 unspecified atom stereocenters. The summed E-state index contributed by atoms with van der Waals surface area (Å²) in [5.41, 5.74) is 0.844. The maximum atomic E-state index is 12.8. The lowest BCUT2D eigenvalue weighted by Gasteiger charge is -2.25. The van der Waals surface area contributed by atoms with E-state index in [1.807, 2.05) is 30.3 Å². The molecule has 1 fully saturated rings. The van der Waals surface area contributed by atoms with E-state index >= 15 is 0 Å². The summed E-state index contributed by atoms with van der Waals surface area (Å²) in [6.07, 6.45) is 5.94. The van der Waals surface area contributed by atoms with Crippen LogP contribution in [0.3, 0.4) is 0 Å². The SMILES string of the molecule is CNC(=O)c1cc(C(=O)CC[C@@H]2CCC[C@H](O)C2)cn(Cc2ccccc2)c1=O. The molecule has 29 heavy (non-hydrogen) atoms. The zero-order valence-corrected chi connectivity index (χ0v) is 16.8. The molecule has 2 N–H and O–H groups in total. The number of amides is 1. The molecule has 0 spiro atoms. The van der Waals surface area contributed by atoms with E-state index in [1.54, 1.807) is 6.20 Å². The van der Waals surface area contributed by atoms with Crippen LogP contribution in [-0.2, 0) is 6.54 Å². The second-order valence-electron chi connectivity index (χ2n) is 7.79. The van der Waals surface area contributed by atoms with Crippen molar-refractivity contribution in [3.8, 4) is 0 Å². The van der Waals surface area contributed by atoms with Crippen molar-refractivity contribution < 1.29 is 14.7 Å². The first kappa shape index (κ1) is 21.0. The summed E-state index contributed by atoms with van der Waals surface area (Å²) in [6, 6.07) is 10.9. The first-order valence-electron chi connectivity index (χ1n) is 10.2. The van der Waals surface area contributed by atoms with Crippen LogP contribution in [0.25, 0.3) is 0 Å². The molecule has 1 amide bonds. The van der Waals surface area contributed by atoms with Crippen molar-refractivity contribution in [3.05, 3.63) is 69.6 Å². The van der Waals surface area contributed by atoms with Crippen molar-refractivity contribution in [3.63, 3.8) is 0 Å². The van der Waals surface area contributed by atoms with Gasteiger partial charge in [-0.25, -0.2) is 0 Å². The van der Waals surface area contributed by atoms with Gasteiger partial charge in [0.1, 0.15) is 5.56 Å². The van der Waals surface area contributed by atoms with Gasteiger partial charge in [-0.1, -0.05) is 43.2 Å². The van der Waals surface area contributed by atoms with Gasteiger partial charge in [0.15, 0.2) is 5.78 Å². The van der Waals surface area contributed by atoms with Gasteiger partial charge in [0.2, 0.25) is 0 Å². The number of carbonyl (C=O) groups is 2. The van der Waals surface area contributed by atoms with Crippen molar-refractivity contribution in [2.75, 3.05) is 7.05 Å². The van der Waals surface area contributed by atoms with Gasteiger partial charge in [-0.2, -0.15) is 0 Å². The summed E-state index contributed by atoms with van der Waals surface area (Å²) in [5.74, 6) is -0.241. The van der Waals surface area contributed by atoms with Crippen LogP contribution < -0.4 is 10.9 Å². The number of nitrogens with one attached hydrogen (secondary N) is 1. The van der Waals surface area contributed by atoms with E-state index < -0.39 is 11.5 Å². The largest absolute Gasteiger partial charge is 0.393 e. The molecule has 1 aromatic carbocycles. The number of aliphatic hydroxyl groups is 1. The monoisotopic (exact) mass is 396 g/mol. The minimum atomic E-state index is -0.498. The maximum absolute atomic E-state index is 12.8. The number of hydrogen-bond acceptors (Lipinski definition) is 4. The van der Waals surface area contributed by atoms with Gasteiger partial charge < -0.3 is 15.0 Å². The molecule has 6 heteroatoms. The third-order valence-electron chi connectivity index (χ3n) is 5.61. The van der Waals surface area contributed by atoms with E-state index in [2.05, 4.69) is 5.32 Å². The van der Waals surface area contributed by atoms with Crippen molar-refractivity contribution in [1.82, 2.24) is 9.88 Å². The van der Waals surface area contributed by atoms with E-state index in [-0.39, 0.29) is 17.5 Å². The van der Waals surface area contributed by atoms with E-state index in [9.17, 15) is 19.5 Å². The Morgan fingerprint density at radius 1 is 1.21 bits per heavy atom. The third kappa shape index (κ3) is 5.41. The number of hydrogen-bond donors (Lipinski definition) is 2. The van der Waals surface area contributed by atoms with Gasteiger partial charge in [-0.15, -0.1) is 0 Å². The number of aromatic nitrogens is 1. The van der Waals surface area contributed by atoms with Gasteiger partial charge in [-0.3, -0.25) is 14.4 Å². The summed E-state index contributed by atoms with van der Waals surface area (Å²) in [7, 11) is 1.46. The van der Waals surface area contributed by atoms with E-state index in [4.69, 9.17) is 0 Å². The van der Waals surface area contributed by atoms with Gasteiger partial charge in [-0.05, 0) is 36.8 Å². The second kappa shape index (κ2) is 9.65. The van der Waals surface area contributed by atoms with Crippen LogP contribution >= 0.6 is 0 Å². The molecule has 0 bridgehead atoms. The standard InChI is InChI=1S/C23H28N2O4/c1-24-22(28)20-13-18(21(27)11-10-16-8-5-9-19(26)12-16)15-25(23(20)29)14-17-6-3-2-4-7-17/h2-4,6-7,13,15-16,19,26H,5,8-12,14H2,1H3,(H,24,28)/t16-,19-/m0/s1. The minimum Gasteiger partial charge on any atom is -0.393 e. The van der Waals surface area contributed by atoms with Crippen molar-refractivity contribution in [2.24, 2.45) is 5.92 Å². The van der Waals surface area contributed by atoms with Crippen LogP contribution in [0.15, 0.2) is 47.4 Å². The molecular weight excluding hydrogens is 368 g/mol. The molecule has 0 radical (unpaired) electrons. The first-order valence-corrected chi connectivity index (χ1v) is 10.2. The van der Waals surface area contributed by atoms with Gasteiger partial charge in [0.05, 0.1) is 12.6 Å². The lowest BCUT2D eigenvalue weighted by molar-refractivity contribution is 0.0880. The number of rotatable bonds is 7. The molecular formula is C23H28N2O4. The molecule has 2 aromatic rings. The van der Waals surface area contributed by atoms with Crippen LogP contribution in [-0.4, -0.2) is 34.5 Å². The molecule has 6 nitrogen and oxygen atoms in total. The predicted molar refractivity (Wildman–Crippen MR) is 111 cm³/mol.